The van der Waals surface area contributed by atoms with Crippen molar-refractivity contribution in [2.75, 3.05) is 12.4 Å². The Morgan fingerprint density at radius 1 is 1.43 bits per heavy atom. The molecule has 0 spiro atoms. The second-order valence-electron chi connectivity index (χ2n) is 2.64. The molecule has 2 aromatic rings. The van der Waals surface area contributed by atoms with Gasteiger partial charge in [-0.05, 0) is 11.4 Å². The highest BCUT2D eigenvalue weighted by molar-refractivity contribution is 7.14. The molecule has 2 rings (SSSR count). The molecular weight excluding hydrogens is 218 g/mol. The molecule has 0 saturated heterocycles. The number of rotatable bonds is 2. The van der Waals surface area contributed by atoms with E-state index in [1.165, 1.54) is 6.33 Å². The summed E-state index contributed by atoms with van der Waals surface area (Å²) in [7, 11) is 1.82. The van der Waals surface area contributed by atoms with Crippen LogP contribution in [0.2, 0.25) is 5.02 Å². The quantitative estimate of drug-likeness (QED) is 0.854. The molecule has 0 aliphatic carbocycles. The molecule has 0 aliphatic rings. The van der Waals surface area contributed by atoms with Crippen LogP contribution in [0.3, 0.4) is 0 Å². The van der Waals surface area contributed by atoms with Crippen molar-refractivity contribution in [3.8, 4) is 10.6 Å². The number of nitrogens with zero attached hydrogens (tertiary/aromatic N) is 2. The largest absolute Gasteiger partial charge is 0.373 e. The summed E-state index contributed by atoms with van der Waals surface area (Å²) in [5.74, 6) is 0.791. The van der Waals surface area contributed by atoms with Gasteiger partial charge in [-0.15, -0.1) is 11.3 Å². The van der Waals surface area contributed by atoms with Gasteiger partial charge in [0.1, 0.15) is 12.1 Å². The number of hydrogen-bond acceptors (Lipinski definition) is 4. The lowest BCUT2D eigenvalue weighted by Gasteiger charge is -2.00. The van der Waals surface area contributed by atoms with Gasteiger partial charge in [0.2, 0.25) is 0 Å². The van der Waals surface area contributed by atoms with Gasteiger partial charge in [0, 0.05) is 13.1 Å². The Labute approximate surface area is 90.8 Å². The van der Waals surface area contributed by atoms with E-state index in [1.807, 2.05) is 24.6 Å². The zero-order valence-corrected chi connectivity index (χ0v) is 9.06. The SMILES string of the molecule is CNc1cc(-c2sccc2Cl)ncn1. The molecule has 0 amide bonds. The molecule has 2 aromatic heterocycles. The smallest absolute Gasteiger partial charge is 0.129 e. The number of aromatic nitrogens is 2. The maximum absolute atomic E-state index is 6.00. The van der Waals surface area contributed by atoms with Crippen LogP contribution in [-0.4, -0.2) is 17.0 Å². The summed E-state index contributed by atoms with van der Waals surface area (Å²) in [5.41, 5.74) is 0.851. The number of hydrogen-bond donors (Lipinski definition) is 1. The van der Waals surface area contributed by atoms with Crippen LogP contribution in [-0.2, 0) is 0 Å². The first-order valence-corrected chi connectivity index (χ1v) is 5.30. The maximum atomic E-state index is 6.00. The third kappa shape index (κ3) is 1.71. The van der Waals surface area contributed by atoms with E-state index >= 15 is 0 Å². The van der Waals surface area contributed by atoms with Crippen LogP contribution in [0.25, 0.3) is 10.6 Å². The first-order chi connectivity index (χ1) is 6.81. The highest BCUT2D eigenvalue weighted by Crippen LogP contribution is 2.32. The number of anilines is 1. The lowest BCUT2D eigenvalue weighted by molar-refractivity contribution is 1.17. The van der Waals surface area contributed by atoms with E-state index in [0.717, 1.165) is 21.4 Å². The van der Waals surface area contributed by atoms with Crippen molar-refractivity contribution < 1.29 is 0 Å². The normalized spacial score (nSPS) is 10.1. The van der Waals surface area contributed by atoms with Gasteiger partial charge in [0.25, 0.3) is 0 Å². The van der Waals surface area contributed by atoms with Crippen molar-refractivity contribution in [2.24, 2.45) is 0 Å². The summed E-state index contributed by atoms with van der Waals surface area (Å²) in [6.45, 7) is 0. The highest BCUT2D eigenvalue weighted by atomic mass is 35.5. The minimum atomic E-state index is 0.732. The van der Waals surface area contributed by atoms with Crippen molar-refractivity contribution in [2.45, 2.75) is 0 Å². The van der Waals surface area contributed by atoms with Gasteiger partial charge in [-0.3, -0.25) is 0 Å². The van der Waals surface area contributed by atoms with Crippen LogP contribution in [0.4, 0.5) is 5.82 Å². The molecule has 0 fully saturated rings. The van der Waals surface area contributed by atoms with Crippen molar-refractivity contribution in [3.05, 3.63) is 28.9 Å². The van der Waals surface area contributed by atoms with Crippen LogP contribution in [0.15, 0.2) is 23.8 Å². The fraction of sp³-hybridized carbons (Fsp3) is 0.111. The van der Waals surface area contributed by atoms with Gasteiger partial charge in [-0.1, -0.05) is 11.6 Å². The summed E-state index contributed by atoms with van der Waals surface area (Å²) in [4.78, 5) is 9.18. The average Bonchev–Trinajstić information content (AvgIpc) is 2.65. The van der Waals surface area contributed by atoms with Gasteiger partial charge in [-0.25, -0.2) is 9.97 Å². The zero-order valence-electron chi connectivity index (χ0n) is 7.49. The minimum absolute atomic E-state index is 0.732. The Hall–Kier alpha value is -1.13. The highest BCUT2D eigenvalue weighted by Gasteiger charge is 2.06. The molecule has 0 bridgehead atoms. The lowest BCUT2D eigenvalue weighted by Crippen LogP contribution is -1.93. The fourth-order valence-electron chi connectivity index (χ4n) is 1.09. The third-order valence-electron chi connectivity index (χ3n) is 1.77. The fourth-order valence-corrected chi connectivity index (χ4v) is 2.22. The Morgan fingerprint density at radius 3 is 2.93 bits per heavy atom. The predicted molar refractivity (Wildman–Crippen MR) is 59.9 cm³/mol. The van der Waals surface area contributed by atoms with E-state index < -0.39 is 0 Å². The topological polar surface area (TPSA) is 37.8 Å². The molecule has 0 atom stereocenters. The van der Waals surface area contributed by atoms with E-state index in [-0.39, 0.29) is 0 Å². The predicted octanol–water partition coefficient (Wildman–Crippen LogP) is 2.90. The minimum Gasteiger partial charge on any atom is -0.373 e. The van der Waals surface area contributed by atoms with Crippen LogP contribution in [0.5, 0.6) is 0 Å². The van der Waals surface area contributed by atoms with E-state index in [0.29, 0.717) is 0 Å². The number of nitrogens with one attached hydrogen (secondary N) is 1. The maximum Gasteiger partial charge on any atom is 0.129 e. The molecule has 3 nitrogen and oxygen atoms in total. The van der Waals surface area contributed by atoms with Gasteiger partial charge in [0.05, 0.1) is 15.6 Å². The van der Waals surface area contributed by atoms with Crippen LogP contribution in [0, 0.1) is 0 Å². The lowest BCUT2D eigenvalue weighted by atomic mass is 10.3. The van der Waals surface area contributed by atoms with Crippen molar-refractivity contribution in [1.29, 1.82) is 0 Å². The Kier molecular flexibility index (Phi) is 2.65. The molecule has 0 radical (unpaired) electrons. The molecule has 72 valence electrons. The molecule has 0 aromatic carbocycles. The summed E-state index contributed by atoms with van der Waals surface area (Å²) in [6.07, 6.45) is 1.53. The third-order valence-corrected chi connectivity index (χ3v) is 3.14. The van der Waals surface area contributed by atoms with Crippen LogP contribution in [0.1, 0.15) is 0 Å². The molecule has 1 N–H and O–H groups in total. The van der Waals surface area contributed by atoms with E-state index in [4.69, 9.17) is 11.6 Å². The Morgan fingerprint density at radius 2 is 2.29 bits per heavy atom. The van der Waals surface area contributed by atoms with Gasteiger partial charge in [0.15, 0.2) is 0 Å². The summed E-state index contributed by atoms with van der Waals surface area (Å²) < 4.78 is 0. The Balaban J connectivity index is 2.47. The Bertz CT molecular complexity index is 441. The van der Waals surface area contributed by atoms with Crippen molar-refractivity contribution >= 4 is 28.8 Å². The van der Waals surface area contributed by atoms with Crippen molar-refractivity contribution in [1.82, 2.24) is 9.97 Å². The number of halogens is 1. The first-order valence-electron chi connectivity index (χ1n) is 4.04. The molecule has 14 heavy (non-hydrogen) atoms. The standard InChI is InChI=1S/C9H8ClN3S/c1-11-8-4-7(12-5-13-8)9-6(10)2-3-14-9/h2-5H,1H3,(H,11,12,13). The summed E-state index contributed by atoms with van der Waals surface area (Å²) in [6, 6.07) is 3.74. The van der Waals surface area contributed by atoms with E-state index in [9.17, 15) is 0 Å². The van der Waals surface area contributed by atoms with Gasteiger partial charge >= 0.3 is 0 Å². The monoisotopic (exact) mass is 225 g/mol. The summed E-state index contributed by atoms with van der Waals surface area (Å²) in [5, 5.41) is 5.63. The average molecular weight is 226 g/mol. The van der Waals surface area contributed by atoms with Gasteiger partial charge < -0.3 is 5.32 Å². The van der Waals surface area contributed by atoms with Gasteiger partial charge in [-0.2, -0.15) is 0 Å². The van der Waals surface area contributed by atoms with Crippen LogP contribution >= 0.6 is 22.9 Å². The zero-order chi connectivity index (χ0) is 9.97. The van der Waals surface area contributed by atoms with Crippen molar-refractivity contribution in [3.63, 3.8) is 0 Å². The first kappa shape index (κ1) is 9.43. The summed E-state index contributed by atoms with van der Waals surface area (Å²) >= 11 is 7.57. The second-order valence-corrected chi connectivity index (χ2v) is 3.96. The molecule has 0 aliphatic heterocycles. The molecule has 2 heterocycles. The van der Waals surface area contributed by atoms with Crippen LogP contribution < -0.4 is 5.32 Å². The molecule has 0 saturated carbocycles. The molecular formula is C9H8ClN3S. The van der Waals surface area contributed by atoms with E-state index in [2.05, 4.69) is 15.3 Å². The molecule has 5 heteroatoms. The second kappa shape index (κ2) is 3.94. The van der Waals surface area contributed by atoms with E-state index in [1.54, 1.807) is 11.3 Å². The number of thiophene rings is 1. The molecule has 0 unspecified atom stereocenters.